The van der Waals surface area contributed by atoms with Gasteiger partial charge in [-0.1, -0.05) is 0 Å². The number of aryl methyl sites for hydroxylation is 1. The minimum Gasteiger partial charge on any atom is -0.355 e. The summed E-state index contributed by atoms with van der Waals surface area (Å²) in [4.78, 5) is 23.7. The standard InChI is InChI=1S/C21H28N6O/c1-17-2-3-20(24-23-17)26-10-6-19(7-11-26)21(28)27-14-12-25(13-15-27)16-18-4-8-22-9-5-18/h2-5,8-9,19H,6-7,10-16H2,1H3. The average Bonchev–Trinajstić information content (AvgIpc) is 2.75. The number of pyridine rings is 1. The monoisotopic (exact) mass is 380 g/mol. The van der Waals surface area contributed by atoms with Crippen LogP contribution in [0.3, 0.4) is 0 Å². The lowest BCUT2D eigenvalue weighted by Gasteiger charge is -2.38. The normalized spacial score (nSPS) is 19.0. The van der Waals surface area contributed by atoms with Crippen LogP contribution < -0.4 is 4.90 Å². The van der Waals surface area contributed by atoms with Gasteiger partial charge in [0.15, 0.2) is 5.82 Å². The Labute approximate surface area is 166 Å². The van der Waals surface area contributed by atoms with Crippen molar-refractivity contribution in [2.75, 3.05) is 44.2 Å². The van der Waals surface area contributed by atoms with Crippen molar-refractivity contribution in [3.63, 3.8) is 0 Å². The molecule has 2 aliphatic heterocycles. The van der Waals surface area contributed by atoms with Gasteiger partial charge >= 0.3 is 0 Å². The van der Waals surface area contributed by atoms with Gasteiger partial charge in [-0.3, -0.25) is 14.7 Å². The molecule has 2 saturated heterocycles. The van der Waals surface area contributed by atoms with Crippen LogP contribution in [0.25, 0.3) is 0 Å². The van der Waals surface area contributed by atoms with Crippen LogP contribution in [0.2, 0.25) is 0 Å². The minimum atomic E-state index is 0.140. The Bertz CT molecular complexity index is 765. The average molecular weight is 380 g/mol. The smallest absolute Gasteiger partial charge is 0.225 e. The van der Waals surface area contributed by atoms with E-state index in [1.807, 2.05) is 31.5 Å². The minimum absolute atomic E-state index is 0.140. The number of carbonyl (C=O) groups excluding carboxylic acids is 1. The summed E-state index contributed by atoms with van der Waals surface area (Å²) in [6.45, 7) is 8.14. The molecular weight excluding hydrogens is 352 g/mol. The zero-order valence-electron chi connectivity index (χ0n) is 16.5. The molecule has 0 N–H and O–H groups in total. The van der Waals surface area contributed by atoms with Crippen LogP contribution in [-0.4, -0.2) is 70.2 Å². The van der Waals surface area contributed by atoms with E-state index in [9.17, 15) is 4.79 Å². The van der Waals surface area contributed by atoms with Gasteiger partial charge in [0.1, 0.15) is 0 Å². The highest BCUT2D eigenvalue weighted by Gasteiger charge is 2.30. The maximum atomic E-state index is 13.0. The molecule has 7 heteroatoms. The quantitative estimate of drug-likeness (QED) is 0.805. The van der Waals surface area contributed by atoms with Crippen molar-refractivity contribution in [2.24, 2.45) is 5.92 Å². The lowest BCUT2D eigenvalue weighted by atomic mass is 9.95. The van der Waals surface area contributed by atoms with Crippen LogP contribution >= 0.6 is 0 Å². The summed E-state index contributed by atoms with van der Waals surface area (Å²) >= 11 is 0. The summed E-state index contributed by atoms with van der Waals surface area (Å²) in [5.74, 6) is 1.39. The van der Waals surface area contributed by atoms with Gasteiger partial charge in [0.2, 0.25) is 5.91 Å². The third-order valence-corrected chi connectivity index (χ3v) is 5.79. The first-order valence-corrected chi connectivity index (χ1v) is 10.1. The molecular formula is C21H28N6O. The number of piperidine rings is 1. The highest BCUT2D eigenvalue weighted by molar-refractivity contribution is 5.79. The molecule has 7 nitrogen and oxygen atoms in total. The van der Waals surface area contributed by atoms with E-state index < -0.39 is 0 Å². The SMILES string of the molecule is Cc1ccc(N2CCC(C(=O)N3CCN(Cc4ccncc4)CC3)CC2)nn1. The zero-order chi connectivity index (χ0) is 19.3. The molecule has 0 aliphatic carbocycles. The maximum absolute atomic E-state index is 13.0. The van der Waals surface area contributed by atoms with Crippen LogP contribution in [0.5, 0.6) is 0 Å². The molecule has 0 spiro atoms. The number of amides is 1. The molecule has 0 unspecified atom stereocenters. The molecule has 0 atom stereocenters. The summed E-state index contributed by atoms with van der Waals surface area (Å²) in [5.41, 5.74) is 2.21. The number of hydrogen-bond donors (Lipinski definition) is 0. The van der Waals surface area contributed by atoms with Crippen molar-refractivity contribution in [1.82, 2.24) is 25.0 Å². The number of aromatic nitrogens is 3. The van der Waals surface area contributed by atoms with E-state index in [0.717, 1.165) is 70.2 Å². The van der Waals surface area contributed by atoms with Crippen molar-refractivity contribution in [2.45, 2.75) is 26.3 Å². The van der Waals surface area contributed by atoms with Crippen molar-refractivity contribution < 1.29 is 4.79 Å². The predicted molar refractivity (Wildman–Crippen MR) is 108 cm³/mol. The van der Waals surface area contributed by atoms with Crippen LogP contribution in [-0.2, 0) is 11.3 Å². The zero-order valence-corrected chi connectivity index (χ0v) is 16.5. The largest absolute Gasteiger partial charge is 0.355 e. The lowest BCUT2D eigenvalue weighted by molar-refractivity contribution is -0.138. The molecule has 148 valence electrons. The summed E-state index contributed by atoms with van der Waals surface area (Å²) in [7, 11) is 0. The van der Waals surface area contributed by atoms with Gasteiger partial charge in [0.05, 0.1) is 5.69 Å². The number of hydrogen-bond acceptors (Lipinski definition) is 6. The number of nitrogens with zero attached hydrogens (tertiary/aromatic N) is 6. The second-order valence-electron chi connectivity index (χ2n) is 7.75. The molecule has 0 aromatic carbocycles. The Morgan fingerprint density at radius 1 is 0.964 bits per heavy atom. The van der Waals surface area contributed by atoms with Gasteiger partial charge in [-0.15, -0.1) is 5.10 Å². The van der Waals surface area contributed by atoms with Crippen LogP contribution in [0.15, 0.2) is 36.7 Å². The van der Waals surface area contributed by atoms with E-state index in [1.165, 1.54) is 5.56 Å². The Balaban J connectivity index is 1.24. The first-order chi connectivity index (χ1) is 13.7. The maximum Gasteiger partial charge on any atom is 0.225 e. The highest BCUT2D eigenvalue weighted by Crippen LogP contribution is 2.24. The van der Waals surface area contributed by atoms with E-state index in [4.69, 9.17) is 0 Å². The number of piperazine rings is 1. The van der Waals surface area contributed by atoms with E-state index in [2.05, 4.69) is 42.0 Å². The molecule has 0 saturated carbocycles. The second kappa shape index (κ2) is 8.65. The van der Waals surface area contributed by atoms with E-state index in [0.29, 0.717) is 5.91 Å². The van der Waals surface area contributed by atoms with Crippen molar-refractivity contribution in [3.8, 4) is 0 Å². The van der Waals surface area contributed by atoms with Crippen LogP contribution in [0.4, 0.5) is 5.82 Å². The van der Waals surface area contributed by atoms with Gasteiger partial charge < -0.3 is 9.80 Å². The number of rotatable bonds is 4. The second-order valence-corrected chi connectivity index (χ2v) is 7.75. The summed E-state index contributed by atoms with van der Waals surface area (Å²) < 4.78 is 0. The highest BCUT2D eigenvalue weighted by atomic mass is 16.2. The molecule has 0 radical (unpaired) electrons. The van der Waals surface area contributed by atoms with E-state index in [-0.39, 0.29) is 5.92 Å². The molecule has 0 bridgehead atoms. The molecule has 4 heterocycles. The molecule has 2 fully saturated rings. The number of carbonyl (C=O) groups is 1. The van der Waals surface area contributed by atoms with Crippen molar-refractivity contribution in [3.05, 3.63) is 47.9 Å². The third-order valence-electron chi connectivity index (χ3n) is 5.79. The lowest BCUT2D eigenvalue weighted by Crippen LogP contribution is -2.51. The molecule has 2 aromatic heterocycles. The van der Waals surface area contributed by atoms with Gasteiger partial charge in [0.25, 0.3) is 0 Å². The molecule has 28 heavy (non-hydrogen) atoms. The van der Waals surface area contributed by atoms with Gasteiger partial charge in [-0.25, -0.2) is 0 Å². The summed E-state index contributed by atoms with van der Waals surface area (Å²) in [5, 5.41) is 8.42. The van der Waals surface area contributed by atoms with Gasteiger partial charge in [-0.05, 0) is 49.6 Å². The fourth-order valence-electron chi connectivity index (χ4n) is 4.05. The fraction of sp³-hybridized carbons (Fsp3) is 0.524. The molecule has 2 aliphatic rings. The first-order valence-electron chi connectivity index (χ1n) is 10.1. The summed E-state index contributed by atoms with van der Waals surface area (Å²) in [6, 6.07) is 8.13. The van der Waals surface area contributed by atoms with Gasteiger partial charge in [-0.2, -0.15) is 5.10 Å². The Kier molecular flexibility index (Phi) is 5.81. The Morgan fingerprint density at radius 3 is 2.32 bits per heavy atom. The Morgan fingerprint density at radius 2 is 1.68 bits per heavy atom. The van der Waals surface area contributed by atoms with Crippen LogP contribution in [0, 0.1) is 12.8 Å². The third kappa shape index (κ3) is 4.47. The van der Waals surface area contributed by atoms with Crippen molar-refractivity contribution in [1.29, 1.82) is 0 Å². The number of anilines is 1. The van der Waals surface area contributed by atoms with Gasteiger partial charge in [0, 0.05) is 64.1 Å². The molecule has 4 rings (SSSR count). The van der Waals surface area contributed by atoms with E-state index in [1.54, 1.807) is 0 Å². The summed E-state index contributed by atoms with van der Waals surface area (Å²) in [6.07, 6.45) is 5.46. The Hall–Kier alpha value is -2.54. The topological polar surface area (TPSA) is 65.5 Å². The van der Waals surface area contributed by atoms with E-state index >= 15 is 0 Å². The molecule has 1 amide bonds. The van der Waals surface area contributed by atoms with Crippen LogP contribution in [0.1, 0.15) is 24.1 Å². The predicted octanol–water partition coefficient (Wildman–Crippen LogP) is 1.74. The van der Waals surface area contributed by atoms with Crippen molar-refractivity contribution >= 4 is 11.7 Å². The first kappa shape index (κ1) is 18.8. The molecule has 2 aromatic rings. The fourth-order valence-corrected chi connectivity index (χ4v) is 4.05.